The summed E-state index contributed by atoms with van der Waals surface area (Å²) in [6, 6.07) is 7.94. The lowest BCUT2D eigenvalue weighted by atomic mass is 10.2. The van der Waals surface area contributed by atoms with Gasteiger partial charge in [-0.3, -0.25) is 4.79 Å². The standard InChI is InChI=1S/C13H18O3S/c1-16-11-7-4-5-8-12(11)17-10-6-2-3-9-13(14)15/h4-5,7-8H,2-3,6,9-10H2,1H3,(H,14,15). The van der Waals surface area contributed by atoms with Crippen LogP contribution in [-0.4, -0.2) is 23.9 Å². The molecule has 0 unspecified atom stereocenters. The van der Waals surface area contributed by atoms with E-state index < -0.39 is 5.97 Å². The molecule has 4 heteroatoms. The van der Waals surface area contributed by atoms with Gasteiger partial charge in [-0.2, -0.15) is 0 Å². The minimum Gasteiger partial charge on any atom is -0.496 e. The number of benzene rings is 1. The van der Waals surface area contributed by atoms with Gasteiger partial charge in [0.15, 0.2) is 0 Å². The van der Waals surface area contributed by atoms with Crippen LogP contribution >= 0.6 is 11.8 Å². The molecule has 0 aliphatic carbocycles. The molecule has 1 aromatic rings. The van der Waals surface area contributed by atoms with E-state index in [1.807, 2.05) is 24.3 Å². The lowest BCUT2D eigenvalue weighted by molar-refractivity contribution is -0.137. The summed E-state index contributed by atoms with van der Waals surface area (Å²) in [6.45, 7) is 0. The molecule has 0 amide bonds. The third-order valence-corrected chi connectivity index (χ3v) is 3.50. The molecule has 0 heterocycles. The monoisotopic (exact) mass is 254 g/mol. The first-order valence-electron chi connectivity index (χ1n) is 5.71. The van der Waals surface area contributed by atoms with Crippen molar-refractivity contribution in [3.05, 3.63) is 24.3 Å². The molecular formula is C13H18O3S. The predicted octanol–water partition coefficient (Wildman–Crippen LogP) is 3.43. The molecule has 0 fully saturated rings. The molecule has 0 saturated heterocycles. The normalized spacial score (nSPS) is 10.2. The van der Waals surface area contributed by atoms with Crippen molar-refractivity contribution in [1.29, 1.82) is 0 Å². The maximum Gasteiger partial charge on any atom is 0.303 e. The second kappa shape index (κ2) is 8.01. The third kappa shape index (κ3) is 5.63. The Labute approximate surface area is 106 Å². The Morgan fingerprint density at radius 2 is 2.06 bits per heavy atom. The van der Waals surface area contributed by atoms with E-state index in [9.17, 15) is 4.79 Å². The van der Waals surface area contributed by atoms with Crippen molar-refractivity contribution < 1.29 is 14.6 Å². The van der Waals surface area contributed by atoms with Crippen LogP contribution in [0.15, 0.2) is 29.2 Å². The molecule has 17 heavy (non-hydrogen) atoms. The van der Waals surface area contributed by atoms with Gasteiger partial charge in [0.2, 0.25) is 0 Å². The summed E-state index contributed by atoms with van der Waals surface area (Å²) in [6.07, 6.45) is 3.05. The average molecular weight is 254 g/mol. The molecule has 0 spiro atoms. The van der Waals surface area contributed by atoms with Crippen molar-refractivity contribution in [2.24, 2.45) is 0 Å². The van der Waals surface area contributed by atoms with Gasteiger partial charge in [-0.25, -0.2) is 0 Å². The highest BCUT2D eigenvalue weighted by molar-refractivity contribution is 7.99. The van der Waals surface area contributed by atoms with E-state index in [0.29, 0.717) is 0 Å². The fraction of sp³-hybridized carbons (Fsp3) is 0.462. The summed E-state index contributed by atoms with van der Waals surface area (Å²) in [7, 11) is 1.67. The Balaban J connectivity index is 2.19. The molecule has 0 bridgehead atoms. The minimum atomic E-state index is -0.706. The number of rotatable bonds is 8. The Bertz CT molecular complexity index is 352. The second-order valence-corrected chi connectivity index (χ2v) is 4.84. The molecule has 0 saturated carbocycles. The highest BCUT2D eigenvalue weighted by Crippen LogP contribution is 2.29. The zero-order chi connectivity index (χ0) is 12.5. The summed E-state index contributed by atoms with van der Waals surface area (Å²) in [5.41, 5.74) is 0. The summed E-state index contributed by atoms with van der Waals surface area (Å²) >= 11 is 1.76. The van der Waals surface area contributed by atoms with Crippen molar-refractivity contribution in [3.8, 4) is 5.75 Å². The first-order chi connectivity index (χ1) is 8.24. The first kappa shape index (κ1) is 13.9. The number of carbonyl (C=O) groups is 1. The Kier molecular flexibility index (Phi) is 6.55. The molecule has 1 N–H and O–H groups in total. The molecule has 0 aromatic heterocycles. The van der Waals surface area contributed by atoms with Gasteiger partial charge in [-0.05, 0) is 30.7 Å². The van der Waals surface area contributed by atoms with Crippen molar-refractivity contribution >= 4 is 17.7 Å². The largest absolute Gasteiger partial charge is 0.496 e. The Morgan fingerprint density at radius 1 is 1.29 bits per heavy atom. The van der Waals surface area contributed by atoms with Gasteiger partial charge in [0, 0.05) is 11.3 Å². The SMILES string of the molecule is COc1ccccc1SCCCCCC(=O)O. The maximum absolute atomic E-state index is 10.3. The first-order valence-corrected chi connectivity index (χ1v) is 6.70. The lowest BCUT2D eigenvalue weighted by Gasteiger charge is -2.07. The molecule has 0 aliphatic heterocycles. The van der Waals surface area contributed by atoms with Gasteiger partial charge in [0.05, 0.1) is 7.11 Å². The van der Waals surface area contributed by atoms with Gasteiger partial charge in [0.1, 0.15) is 5.75 Å². The zero-order valence-corrected chi connectivity index (χ0v) is 10.8. The van der Waals surface area contributed by atoms with E-state index >= 15 is 0 Å². The van der Waals surface area contributed by atoms with Gasteiger partial charge in [-0.15, -0.1) is 11.8 Å². The maximum atomic E-state index is 10.3. The molecule has 1 aromatic carbocycles. The molecule has 0 atom stereocenters. The van der Waals surface area contributed by atoms with Gasteiger partial charge in [0.25, 0.3) is 0 Å². The van der Waals surface area contributed by atoms with Gasteiger partial charge < -0.3 is 9.84 Å². The number of aliphatic carboxylic acids is 1. The van der Waals surface area contributed by atoms with Crippen molar-refractivity contribution in [2.45, 2.75) is 30.6 Å². The number of para-hydroxylation sites is 1. The molecule has 0 aliphatic rings. The topological polar surface area (TPSA) is 46.5 Å². The zero-order valence-electron chi connectivity index (χ0n) is 10.0. The van der Waals surface area contributed by atoms with Crippen LogP contribution in [0.5, 0.6) is 5.75 Å². The van der Waals surface area contributed by atoms with Crippen LogP contribution in [0.1, 0.15) is 25.7 Å². The smallest absolute Gasteiger partial charge is 0.303 e. The molecule has 0 radical (unpaired) electrons. The molecule has 94 valence electrons. The Hall–Kier alpha value is -1.16. The number of ether oxygens (including phenoxy) is 1. The second-order valence-electron chi connectivity index (χ2n) is 3.70. The van der Waals surface area contributed by atoms with E-state index in [-0.39, 0.29) is 6.42 Å². The van der Waals surface area contributed by atoms with Crippen molar-refractivity contribution in [2.75, 3.05) is 12.9 Å². The number of carboxylic acid groups (broad SMARTS) is 1. The van der Waals surface area contributed by atoms with E-state index in [2.05, 4.69) is 0 Å². The fourth-order valence-electron chi connectivity index (χ4n) is 1.48. The van der Waals surface area contributed by atoms with Crippen LogP contribution in [0, 0.1) is 0 Å². The predicted molar refractivity (Wildman–Crippen MR) is 69.8 cm³/mol. The molecular weight excluding hydrogens is 236 g/mol. The van der Waals surface area contributed by atoms with E-state index in [1.54, 1.807) is 18.9 Å². The summed E-state index contributed by atoms with van der Waals surface area (Å²) in [4.78, 5) is 11.5. The quantitative estimate of drug-likeness (QED) is 0.570. The summed E-state index contributed by atoms with van der Waals surface area (Å²) in [5.74, 6) is 1.20. The van der Waals surface area contributed by atoms with E-state index in [4.69, 9.17) is 9.84 Å². The van der Waals surface area contributed by atoms with Crippen molar-refractivity contribution in [3.63, 3.8) is 0 Å². The van der Waals surface area contributed by atoms with Crippen LogP contribution in [0.3, 0.4) is 0 Å². The molecule has 3 nitrogen and oxygen atoms in total. The number of carboxylic acids is 1. The van der Waals surface area contributed by atoms with E-state index in [0.717, 1.165) is 35.7 Å². The lowest BCUT2D eigenvalue weighted by Crippen LogP contribution is -1.94. The van der Waals surface area contributed by atoms with Gasteiger partial charge in [-0.1, -0.05) is 18.6 Å². The van der Waals surface area contributed by atoms with E-state index in [1.165, 1.54) is 0 Å². The minimum absolute atomic E-state index is 0.277. The number of unbranched alkanes of at least 4 members (excludes halogenated alkanes) is 2. The van der Waals surface area contributed by atoms with Crippen LogP contribution in [0.25, 0.3) is 0 Å². The highest BCUT2D eigenvalue weighted by Gasteiger charge is 2.02. The average Bonchev–Trinajstić information content (AvgIpc) is 2.33. The number of hydrogen-bond donors (Lipinski definition) is 1. The van der Waals surface area contributed by atoms with Crippen LogP contribution in [0.2, 0.25) is 0 Å². The van der Waals surface area contributed by atoms with Crippen LogP contribution in [-0.2, 0) is 4.79 Å². The van der Waals surface area contributed by atoms with Crippen molar-refractivity contribution in [1.82, 2.24) is 0 Å². The number of thioether (sulfide) groups is 1. The number of methoxy groups -OCH3 is 1. The highest BCUT2D eigenvalue weighted by atomic mass is 32.2. The van der Waals surface area contributed by atoms with Crippen LogP contribution in [0.4, 0.5) is 0 Å². The summed E-state index contributed by atoms with van der Waals surface area (Å²) < 4.78 is 5.26. The summed E-state index contributed by atoms with van der Waals surface area (Å²) in [5, 5.41) is 8.49. The van der Waals surface area contributed by atoms with Crippen LogP contribution < -0.4 is 4.74 Å². The number of hydrogen-bond acceptors (Lipinski definition) is 3. The fourth-order valence-corrected chi connectivity index (χ4v) is 2.51. The third-order valence-electron chi connectivity index (χ3n) is 2.36. The molecule has 1 rings (SSSR count). The Morgan fingerprint density at radius 3 is 2.76 bits per heavy atom. The van der Waals surface area contributed by atoms with Gasteiger partial charge >= 0.3 is 5.97 Å².